The average Bonchev–Trinajstić information content (AvgIpc) is 2.68. The second-order valence-corrected chi connectivity index (χ2v) is 5.27. The molecule has 1 saturated heterocycles. The Balaban J connectivity index is 2.57. The van der Waals surface area contributed by atoms with E-state index in [1.807, 2.05) is 13.8 Å². The third-order valence-corrected chi connectivity index (χ3v) is 4.17. The van der Waals surface area contributed by atoms with Crippen LogP contribution >= 0.6 is 11.6 Å². The van der Waals surface area contributed by atoms with Crippen LogP contribution in [0.25, 0.3) is 0 Å². The number of benzene rings is 1. The van der Waals surface area contributed by atoms with E-state index in [2.05, 4.69) is 18.3 Å². The summed E-state index contributed by atoms with van der Waals surface area (Å²) in [4.78, 5) is 0. The molecule has 0 radical (unpaired) electrons. The van der Waals surface area contributed by atoms with E-state index in [0.29, 0.717) is 5.02 Å². The summed E-state index contributed by atoms with van der Waals surface area (Å²) in [7, 11) is 0. The lowest BCUT2D eigenvalue weighted by molar-refractivity contribution is 0.394. The summed E-state index contributed by atoms with van der Waals surface area (Å²) >= 11 is 6.15. The third kappa shape index (κ3) is 1.70. The van der Waals surface area contributed by atoms with Crippen LogP contribution in [0.1, 0.15) is 36.5 Å². The number of phenolic OH excluding ortho intramolecular Hbond substituents is 1. The van der Waals surface area contributed by atoms with Crippen molar-refractivity contribution in [1.29, 1.82) is 0 Å². The number of rotatable bonds is 1. The summed E-state index contributed by atoms with van der Waals surface area (Å²) in [6, 6.07) is 2.05. The van der Waals surface area contributed by atoms with Gasteiger partial charge in [0.15, 0.2) is 0 Å². The largest absolute Gasteiger partial charge is 0.506 e. The van der Waals surface area contributed by atoms with E-state index in [4.69, 9.17) is 11.6 Å². The molecule has 2 nitrogen and oxygen atoms in total. The highest BCUT2D eigenvalue weighted by Gasteiger charge is 2.33. The van der Waals surface area contributed by atoms with Crippen LogP contribution in [0.15, 0.2) is 6.07 Å². The van der Waals surface area contributed by atoms with Crippen LogP contribution in [-0.2, 0) is 5.54 Å². The van der Waals surface area contributed by atoms with Gasteiger partial charge in [0.05, 0.1) is 5.02 Å². The van der Waals surface area contributed by atoms with Crippen molar-refractivity contribution in [2.24, 2.45) is 0 Å². The Morgan fingerprint density at radius 1 is 1.44 bits per heavy atom. The van der Waals surface area contributed by atoms with Gasteiger partial charge >= 0.3 is 0 Å². The zero-order valence-electron chi connectivity index (χ0n) is 10.0. The van der Waals surface area contributed by atoms with Gasteiger partial charge in [-0.15, -0.1) is 0 Å². The van der Waals surface area contributed by atoms with Crippen molar-refractivity contribution in [3.63, 3.8) is 0 Å². The first-order valence-electron chi connectivity index (χ1n) is 5.70. The van der Waals surface area contributed by atoms with Crippen LogP contribution < -0.4 is 5.32 Å². The number of aromatic hydroxyl groups is 1. The normalized spacial score (nSPS) is 25.0. The van der Waals surface area contributed by atoms with E-state index < -0.39 is 0 Å². The Morgan fingerprint density at radius 2 is 2.12 bits per heavy atom. The Morgan fingerprint density at radius 3 is 2.69 bits per heavy atom. The average molecular weight is 240 g/mol. The molecule has 16 heavy (non-hydrogen) atoms. The van der Waals surface area contributed by atoms with Gasteiger partial charge in [0.1, 0.15) is 5.75 Å². The van der Waals surface area contributed by atoms with Crippen molar-refractivity contribution >= 4 is 11.6 Å². The van der Waals surface area contributed by atoms with E-state index in [9.17, 15) is 5.11 Å². The van der Waals surface area contributed by atoms with Gasteiger partial charge in [-0.25, -0.2) is 0 Å². The van der Waals surface area contributed by atoms with Crippen molar-refractivity contribution in [3.05, 3.63) is 27.8 Å². The number of aryl methyl sites for hydroxylation is 1. The number of nitrogens with one attached hydrogen (secondary N) is 1. The molecule has 1 aliphatic rings. The molecule has 88 valence electrons. The SMILES string of the molecule is Cc1cc(C2(C)CCCN2)c(O)c(Cl)c1C. The fraction of sp³-hybridized carbons (Fsp3) is 0.538. The van der Waals surface area contributed by atoms with Crippen LogP contribution in [0.2, 0.25) is 5.02 Å². The summed E-state index contributed by atoms with van der Waals surface area (Å²) in [6.07, 6.45) is 2.18. The van der Waals surface area contributed by atoms with Gasteiger partial charge in [-0.3, -0.25) is 0 Å². The number of phenols is 1. The first-order chi connectivity index (χ1) is 7.46. The zero-order valence-corrected chi connectivity index (χ0v) is 10.8. The maximum atomic E-state index is 10.2. The van der Waals surface area contributed by atoms with Crippen molar-refractivity contribution in [2.45, 2.75) is 39.2 Å². The molecule has 1 atom stereocenters. The van der Waals surface area contributed by atoms with Crippen molar-refractivity contribution in [2.75, 3.05) is 6.54 Å². The Hall–Kier alpha value is -0.730. The molecule has 2 N–H and O–H groups in total. The highest BCUT2D eigenvalue weighted by molar-refractivity contribution is 6.33. The highest BCUT2D eigenvalue weighted by Crippen LogP contribution is 2.41. The summed E-state index contributed by atoms with van der Waals surface area (Å²) in [5.74, 6) is 0.238. The molecular formula is C13H18ClNO. The predicted octanol–water partition coefficient (Wildman–Crippen LogP) is 3.26. The van der Waals surface area contributed by atoms with Crippen LogP contribution in [-0.4, -0.2) is 11.7 Å². The van der Waals surface area contributed by atoms with E-state index >= 15 is 0 Å². The second-order valence-electron chi connectivity index (χ2n) is 4.89. The molecule has 1 aromatic rings. The number of halogens is 1. The molecule has 2 rings (SSSR count). The van der Waals surface area contributed by atoms with E-state index in [1.165, 1.54) is 0 Å². The first kappa shape index (κ1) is 11.7. The van der Waals surface area contributed by atoms with Crippen molar-refractivity contribution < 1.29 is 5.11 Å². The van der Waals surface area contributed by atoms with Crippen molar-refractivity contribution in [3.8, 4) is 5.75 Å². The molecule has 0 amide bonds. The lowest BCUT2D eigenvalue weighted by atomic mass is 9.87. The molecule has 1 fully saturated rings. The summed E-state index contributed by atoms with van der Waals surface area (Å²) < 4.78 is 0. The molecule has 1 aliphatic heterocycles. The van der Waals surface area contributed by atoms with Crippen LogP contribution in [0, 0.1) is 13.8 Å². The minimum Gasteiger partial charge on any atom is -0.506 e. The molecule has 1 unspecified atom stereocenters. The molecule has 0 bridgehead atoms. The molecule has 3 heteroatoms. The van der Waals surface area contributed by atoms with Crippen LogP contribution in [0.3, 0.4) is 0 Å². The topological polar surface area (TPSA) is 32.3 Å². The molecule has 0 aliphatic carbocycles. The first-order valence-corrected chi connectivity index (χ1v) is 6.08. The smallest absolute Gasteiger partial charge is 0.139 e. The van der Waals surface area contributed by atoms with E-state index in [-0.39, 0.29) is 11.3 Å². The van der Waals surface area contributed by atoms with Gasteiger partial charge in [0.2, 0.25) is 0 Å². The lowest BCUT2D eigenvalue weighted by Crippen LogP contribution is -2.33. The summed E-state index contributed by atoms with van der Waals surface area (Å²) in [5, 5.41) is 14.1. The van der Waals surface area contributed by atoms with Gasteiger partial charge in [-0.1, -0.05) is 17.7 Å². The minimum atomic E-state index is -0.133. The molecule has 0 spiro atoms. The van der Waals surface area contributed by atoms with Crippen LogP contribution in [0.5, 0.6) is 5.75 Å². The van der Waals surface area contributed by atoms with Gasteiger partial charge < -0.3 is 10.4 Å². The highest BCUT2D eigenvalue weighted by atomic mass is 35.5. The Labute approximate surface area is 102 Å². The van der Waals surface area contributed by atoms with Gasteiger partial charge in [-0.05, 0) is 51.3 Å². The molecule has 0 saturated carbocycles. The summed E-state index contributed by atoms with van der Waals surface area (Å²) in [6.45, 7) is 7.09. The standard InChI is InChI=1S/C13H18ClNO/c1-8-7-10(12(16)11(14)9(8)2)13(3)5-4-6-15-13/h7,15-16H,4-6H2,1-3H3. The van der Waals surface area contributed by atoms with Gasteiger partial charge in [0.25, 0.3) is 0 Å². The fourth-order valence-electron chi connectivity index (χ4n) is 2.41. The summed E-state index contributed by atoms with van der Waals surface area (Å²) in [5.41, 5.74) is 2.89. The van der Waals surface area contributed by atoms with E-state index in [0.717, 1.165) is 36.1 Å². The quantitative estimate of drug-likeness (QED) is 0.789. The molecule has 1 aromatic carbocycles. The predicted molar refractivity (Wildman–Crippen MR) is 67.2 cm³/mol. The van der Waals surface area contributed by atoms with Crippen LogP contribution in [0.4, 0.5) is 0 Å². The fourth-order valence-corrected chi connectivity index (χ4v) is 2.66. The Kier molecular flexibility index (Phi) is 2.89. The minimum absolute atomic E-state index is 0.133. The third-order valence-electron chi connectivity index (χ3n) is 3.71. The molecular weight excluding hydrogens is 222 g/mol. The lowest BCUT2D eigenvalue weighted by Gasteiger charge is -2.27. The number of hydrogen-bond acceptors (Lipinski definition) is 2. The number of hydrogen-bond donors (Lipinski definition) is 2. The monoisotopic (exact) mass is 239 g/mol. The molecule has 0 aromatic heterocycles. The Bertz CT molecular complexity index is 422. The molecule has 1 heterocycles. The van der Waals surface area contributed by atoms with Gasteiger partial charge in [-0.2, -0.15) is 0 Å². The maximum absolute atomic E-state index is 10.2. The van der Waals surface area contributed by atoms with E-state index in [1.54, 1.807) is 0 Å². The van der Waals surface area contributed by atoms with Crippen molar-refractivity contribution in [1.82, 2.24) is 5.32 Å². The maximum Gasteiger partial charge on any atom is 0.139 e. The second kappa shape index (κ2) is 3.94. The zero-order chi connectivity index (χ0) is 11.9. The van der Waals surface area contributed by atoms with Gasteiger partial charge in [0, 0.05) is 11.1 Å².